The van der Waals surface area contributed by atoms with Crippen LogP contribution >= 0.6 is 15.9 Å². The van der Waals surface area contributed by atoms with Crippen LogP contribution in [-0.4, -0.2) is 26.1 Å². The molecule has 25 heavy (non-hydrogen) atoms. The molecule has 0 bridgehead atoms. The maximum Gasteiger partial charge on any atom is 0.312 e. The molecule has 1 fully saturated rings. The van der Waals surface area contributed by atoms with Crippen LogP contribution in [-0.2, 0) is 11.3 Å². The van der Waals surface area contributed by atoms with E-state index in [-0.39, 0.29) is 6.23 Å². The first kappa shape index (κ1) is 16.4. The molecule has 1 unspecified atom stereocenters. The summed E-state index contributed by atoms with van der Waals surface area (Å²) in [7, 11) is 0. The molecule has 3 heterocycles. The van der Waals surface area contributed by atoms with Gasteiger partial charge in [0.05, 0.1) is 6.33 Å². The van der Waals surface area contributed by atoms with Gasteiger partial charge >= 0.3 is 6.08 Å². The van der Waals surface area contributed by atoms with Crippen molar-refractivity contribution in [2.75, 3.05) is 11.9 Å². The smallest absolute Gasteiger partial charge is 0.312 e. The zero-order valence-electron chi connectivity index (χ0n) is 13.5. The number of halogens is 2. The lowest BCUT2D eigenvalue weighted by molar-refractivity contribution is -0.0298. The van der Waals surface area contributed by atoms with Crippen molar-refractivity contribution in [3.8, 4) is 0 Å². The van der Waals surface area contributed by atoms with E-state index in [0.29, 0.717) is 30.1 Å². The molecule has 1 aliphatic rings. The highest BCUT2D eigenvalue weighted by atomic mass is 79.9. The minimum atomic E-state index is -0.775. The third kappa shape index (κ3) is 3.50. The molecule has 1 aliphatic heterocycles. The lowest BCUT2D eigenvalue weighted by atomic mass is 10.2. The molecule has 1 saturated heterocycles. The third-order valence-corrected chi connectivity index (χ3v) is 4.76. The van der Waals surface area contributed by atoms with Crippen molar-refractivity contribution in [1.82, 2.24) is 19.5 Å². The average molecular weight is 406 g/mol. The van der Waals surface area contributed by atoms with E-state index in [9.17, 15) is 4.39 Å². The van der Waals surface area contributed by atoms with Gasteiger partial charge in [0.15, 0.2) is 17.0 Å². The number of rotatable bonds is 4. The fourth-order valence-corrected chi connectivity index (χ4v) is 3.22. The second-order valence-corrected chi connectivity index (χ2v) is 6.88. The van der Waals surface area contributed by atoms with Crippen LogP contribution in [0, 0.1) is 6.08 Å². The van der Waals surface area contributed by atoms with Crippen LogP contribution in [0.1, 0.15) is 31.1 Å². The van der Waals surface area contributed by atoms with Crippen LogP contribution in [0.2, 0.25) is 0 Å². The van der Waals surface area contributed by atoms with Crippen LogP contribution in [0.25, 0.3) is 11.2 Å². The SMILES string of the molecule is Fc1nc(NCc2ccc(Br)cc2)c2ncn(C3CCCCO3)c2n1. The van der Waals surface area contributed by atoms with Crippen molar-refractivity contribution in [3.63, 3.8) is 0 Å². The first-order valence-electron chi connectivity index (χ1n) is 8.21. The number of nitrogens with one attached hydrogen (secondary N) is 1. The average Bonchev–Trinajstić information content (AvgIpc) is 3.05. The number of fused-ring (bicyclic) bond motifs is 1. The third-order valence-electron chi connectivity index (χ3n) is 4.23. The minimum Gasteiger partial charge on any atom is -0.364 e. The van der Waals surface area contributed by atoms with Crippen molar-refractivity contribution in [3.05, 3.63) is 46.7 Å². The molecular formula is C17H17BrFN5O. The Hall–Kier alpha value is -2.06. The standard InChI is InChI=1S/C17H17BrFN5O/c18-12-6-4-11(5-7-12)9-20-15-14-16(23-17(19)22-15)24(10-21-14)13-3-1-2-8-25-13/h4-7,10,13H,1-3,8-9H2,(H,20,22,23). The number of nitrogens with zero attached hydrogens (tertiary/aromatic N) is 4. The lowest BCUT2D eigenvalue weighted by Crippen LogP contribution is -2.18. The van der Waals surface area contributed by atoms with Crippen LogP contribution in [0.3, 0.4) is 0 Å². The van der Waals surface area contributed by atoms with Crippen molar-refractivity contribution >= 4 is 32.9 Å². The molecule has 0 spiro atoms. The number of imidazole rings is 1. The van der Waals surface area contributed by atoms with Gasteiger partial charge in [0, 0.05) is 17.6 Å². The summed E-state index contributed by atoms with van der Waals surface area (Å²) in [6, 6.07) is 7.89. The lowest BCUT2D eigenvalue weighted by Gasteiger charge is -2.23. The Labute approximate surface area is 152 Å². The fraction of sp³-hybridized carbons (Fsp3) is 0.353. The maximum atomic E-state index is 14.0. The van der Waals surface area contributed by atoms with E-state index in [1.54, 1.807) is 10.9 Å². The highest BCUT2D eigenvalue weighted by molar-refractivity contribution is 9.10. The van der Waals surface area contributed by atoms with Gasteiger partial charge in [-0.2, -0.15) is 14.4 Å². The second kappa shape index (κ2) is 7.05. The summed E-state index contributed by atoms with van der Waals surface area (Å²) in [5.41, 5.74) is 2.07. The Bertz CT molecular complexity index is 877. The van der Waals surface area contributed by atoms with Gasteiger partial charge in [-0.25, -0.2) is 4.98 Å². The van der Waals surface area contributed by atoms with Crippen molar-refractivity contribution < 1.29 is 9.13 Å². The largest absolute Gasteiger partial charge is 0.364 e. The number of hydrogen-bond donors (Lipinski definition) is 1. The summed E-state index contributed by atoms with van der Waals surface area (Å²) >= 11 is 3.41. The second-order valence-electron chi connectivity index (χ2n) is 5.97. The fourth-order valence-electron chi connectivity index (χ4n) is 2.96. The Kier molecular flexibility index (Phi) is 4.63. The molecule has 0 saturated carbocycles. The highest BCUT2D eigenvalue weighted by Gasteiger charge is 2.21. The predicted octanol–water partition coefficient (Wildman–Crippen LogP) is 4.04. The van der Waals surface area contributed by atoms with Crippen molar-refractivity contribution in [2.24, 2.45) is 0 Å². The minimum absolute atomic E-state index is 0.146. The molecule has 8 heteroatoms. The Morgan fingerprint density at radius 1 is 1.24 bits per heavy atom. The Balaban J connectivity index is 1.62. The zero-order chi connectivity index (χ0) is 17.2. The normalized spacial score (nSPS) is 17.8. The van der Waals surface area contributed by atoms with E-state index in [0.717, 1.165) is 29.3 Å². The molecule has 6 nitrogen and oxygen atoms in total. The van der Waals surface area contributed by atoms with Crippen molar-refractivity contribution in [1.29, 1.82) is 0 Å². The molecule has 0 amide bonds. The van der Waals surface area contributed by atoms with Crippen LogP contribution in [0.5, 0.6) is 0 Å². The molecule has 0 radical (unpaired) electrons. The molecular weight excluding hydrogens is 389 g/mol. The van der Waals surface area contributed by atoms with Crippen LogP contribution < -0.4 is 5.32 Å². The molecule has 2 aromatic heterocycles. The van der Waals surface area contributed by atoms with E-state index in [2.05, 4.69) is 36.2 Å². The predicted molar refractivity (Wildman–Crippen MR) is 95.6 cm³/mol. The number of anilines is 1. The van der Waals surface area contributed by atoms with E-state index in [1.807, 2.05) is 24.3 Å². The first-order valence-corrected chi connectivity index (χ1v) is 9.00. The Morgan fingerprint density at radius 3 is 2.84 bits per heavy atom. The zero-order valence-corrected chi connectivity index (χ0v) is 15.0. The molecule has 1 atom stereocenters. The molecule has 4 rings (SSSR count). The molecule has 0 aliphatic carbocycles. The number of aromatic nitrogens is 4. The van der Waals surface area contributed by atoms with E-state index < -0.39 is 6.08 Å². The van der Waals surface area contributed by atoms with E-state index in [1.165, 1.54) is 0 Å². The molecule has 130 valence electrons. The maximum absolute atomic E-state index is 14.0. The van der Waals surface area contributed by atoms with Crippen LogP contribution in [0.15, 0.2) is 35.1 Å². The molecule has 1 N–H and O–H groups in total. The van der Waals surface area contributed by atoms with Gasteiger partial charge in [-0.3, -0.25) is 4.57 Å². The van der Waals surface area contributed by atoms with Gasteiger partial charge in [-0.1, -0.05) is 28.1 Å². The van der Waals surface area contributed by atoms with E-state index >= 15 is 0 Å². The number of hydrogen-bond acceptors (Lipinski definition) is 5. The summed E-state index contributed by atoms with van der Waals surface area (Å²) in [4.78, 5) is 12.2. The number of benzene rings is 1. The van der Waals surface area contributed by atoms with Crippen LogP contribution in [0.4, 0.5) is 10.2 Å². The summed E-state index contributed by atoms with van der Waals surface area (Å²) in [5, 5.41) is 3.16. The van der Waals surface area contributed by atoms with Gasteiger partial charge in [0.25, 0.3) is 0 Å². The Morgan fingerprint density at radius 2 is 2.08 bits per heavy atom. The summed E-state index contributed by atoms with van der Waals surface area (Å²) in [6.45, 7) is 1.22. The topological polar surface area (TPSA) is 64.9 Å². The first-order chi connectivity index (χ1) is 12.2. The number of ether oxygens (including phenoxy) is 1. The highest BCUT2D eigenvalue weighted by Crippen LogP contribution is 2.27. The van der Waals surface area contributed by atoms with Crippen molar-refractivity contribution in [2.45, 2.75) is 32.0 Å². The van der Waals surface area contributed by atoms with Gasteiger partial charge in [-0.05, 0) is 37.0 Å². The summed E-state index contributed by atoms with van der Waals surface area (Å²) in [5.74, 6) is 0.389. The van der Waals surface area contributed by atoms with E-state index in [4.69, 9.17) is 4.74 Å². The molecule has 3 aromatic rings. The van der Waals surface area contributed by atoms with Gasteiger partial charge < -0.3 is 10.1 Å². The summed E-state index contributed by atoms with van der Waals surface area (Å²) < 4.78 is 22.5. The summed E-state index contributed by atoms with van der Waals surface area (Å²) in [6.07, 6.45) is 3.73. The van der Waals surface area contributed by atoms with Gasteiger partial charge in [-0.15, -0.1) is 0 Å². The van der Waals surface area contributed by atoms with Gasteiger partial charge in [0.2, 0.25) is 0 Å². The van der Waals surface area contributed by atoms with Gasteiger partial charge in [0.1, 0.15) is 6.23 Å². The quantitative estimate of drug-likeness (QED) is 0.663. The monoisotopic (exact) mass is 405 g/mol. The molecule has 1 aromatic carbocycles.